The van der Waals surface area contributed by atoms with Crippen LogP contribution in [0.3, 0.4) is 0 Å². The zero-order chi connectivity index (χ0) is 17.4. The summed E-state index contributed by atoms with van der Waals surface area (Å²) in [6, 6.07) is 10.2. The van der Waals surface area contributed by atoms with Crippen LogP contribution in [0.5, 0.6) is 0 Å². The molecule has 0 saturated heterocycles. The minimum absolute atomic E-state index is 0.0306. The number of hydrogen-bond acceptors (Lipinski definition) is 1. The molecule has 0 spiro atoms. The molecule has 0 aliphatic carbocycles. The second-order valence-electron chi connectivity index (χ2n) is 8.12. The zero-order valence-electron chi connectivity index (χ0n) is 14.8. The number of nitrogens with zero attached hydrogens (tertiary/aromatic N) is 1. The first-order valence-corrected chi connectivity index (χ1v) is 8.69. The molecule has 0 radical (unpaired) electrons. The fraction of sp³-hybridized carbons (Fsp3) is 0.450. The molecule has 2 rings (SSSR count). The highest BCUT2D eigenvalue weighted by molar-refractivity contribution is 6.42. The van der Waals surface area contributed by atoms with Gasteiger partial charge in [-0.2, -0.15) is 0 Å². The van der Waals surface area contributed by atoms with Crippen molar-refractivity contribution in [2.24, 2.45) is 0 Å². The third-order valence-corrected chi connectivity index (χ3v) is 4.65. The fourth-order valence-electron chi connectivity index (χ4n) is 2.58. The van der Waals surface area contributed by atoms with Crippen LogP contribution in [0, 0.1) is 0 Å². The van der Waals surface area contributed by atoms with Crippen molar-refractivity contribution in [1.29, 1.82) is 0 Å². The Morgan fingerprint density at radius 2 is 1.48 bits per heavy atom. The molecular weight excluding hydrogens is 325 g/mol. The van der Waals surface area contributed by atoms with Gasteiger partial charge in [0.25, 0.3) is 0 Å². The van der Waals surface area contributed by atoms with E-state index in [1.54, 1.807) is 0 Å². The molecule has 1 heterocycles. The standard InChI is InChI=1S/C20H25Cl2N/c1-19(2,3)14-8-10-18(20(4,5)6)23-17(14)12-13-7-9-15(21)16(22)11-13/h7-11H,12H2,1-6H3. The Balaban J connectivity index is 2.50. The molecule has 1 aromatic carbocycles. The van der Waals surface area contributed by atoms with Crippen LogP contribution in [-0.4, -0.2) is 4.98 Å². The minimum atomic E-state index is 0.0306. The van der Waals surface area contributed by atoms with E-state index in [0.717, 1.165) is 23.4 Å². The summed E-state index contributed by atoms with van der Waals surface area (Å²) in [5.41, 5.74) is 4.71. The van der Waals surface area contributed by atoms with E-state index in [1.807, 2.05) is 18.2 Å². The summed E-state index contributed by atoms with van der Waals surface area (Å²) in [5, 5.41) is 1.18. The molecule has 2 aromatic rings. The van der Waals surface area contributed by atoms with E-state index < -0.39 is 0 Å². The average molecular weight is 350 g/mol. The van der Waals surface area contributed by atoms with Gasteiger partial charge in [-0.05, 0) is 34.7 Å². The molecule has 0 aliphatic heterocycles. The first-order chi connectivity index (χ1) is 10.5. The van der Waals surface area contributed by atoms with E-state index in [-0.39, 0.29) is 10.8 Å². The van der Waals surface area contributed by atoms with Gasteiger partial charge in [0.15, 0.2) is 0 Å². The van der Waals surface area contributed by atoms with Crippen LogP contribution in [0.25, 0.3) is 0 Å². The number of aromatic nitrogens is 1. The largest absolute Gasteiger partial charge is 0.257 e. The molecule has 1 nitrogen and oxygen atoms in total. The highest BCUT2D eigenvalue weighted by Crippen LogP contribution is 2.31. The summed E-state index contributed by atoms with van der Waals surface area (Å²) in [4.78, 5) is 4.98. The van der Waals surface area contributed by atoms with Gasteiger partial charge in [-0.15, -0.1) is 0 Å². The molecule has 0 aliphatic rings. The number of rotatable bonds is 2. The van der Waals surface area contributed by atoms with E-state index in [4.69, 9.17) is 28.2 Å². The lowest BCUT2D eigenvalue weighted by atomic mass is 9.82. The number of benzene rings is 1. The average Bonchev–Trinajstić information content (AvgIpc) is 2.40. The van der Waals surface area contributed by atoms with Gasteiger partial charge in [-0.25, -0.2) is 0 Å². The third kappa shape index (κ3) is 4.49. The van der Waals surface area contributed by atoms with Crippen molar-refractivity contribution in [1.82, 2.24) is 4.98 Å². The molecule has 3 heteroatoms. The van der Waals surface area contributed by atoms with E-state index in [0.29, 0.717) is 10.0 Å². The summed E-state index contributed by atoms with van der Waals surface area (Å²) in [6.45, 7) is 13.2. The van der Waals surface area contributed by atoms with Crippen LogP contribution in [0.4, 0.5) is 0 Å². The monoisotopic (exact) mass is 349 g/mol. The molecule has 124 valence electrons. The maximum atomic E-state index is 6.16. The quantitative estimate of drug-likeness (QED) is 0.596. The summed E-state index contributed by atoms with van der Waals surface area (Å²) in [6.07, 6.45) is 0.757. The predicted molar refractivity (Wildman–Crippen MR) is 101 cm³/mol. The predicted octanol–water partition coefficient (Wildman–Crippen LogP) is 6.57. The van der Waals surface area contributed by atoms with Crippen molar-refractivity contribution in [3.05, 3.63) is 62.9 Å². The van der Waals surface area contributed by atoms with Crippen LogP contribution < -0.4 is 0 Å². The Labute approximate surface area is 150 Å². The summed E-state index contributed by atoms with van der Waals surface area (Å²) < 4.78 is 0. The zero-order valence-corrected chi connectivity index (χ0v) is 16.3. The fourth-order valence-corrected chi connectivity index (χ4v) is 2.90. The molecule has 23 heavy (non-hydrogen) atoms. The van der Waals surface area contributed by atoms with Crippen LogP contribution in [0.15, 0.2) is 30.3 Å². The highest BCUT2D eigenvalue weighted by Gasteiger charge is 2.23. The van der Waals surface area contributed by atoms with Gasteiger partial charge in [0.05, 0.1) is 10.0 Å². The Kier molecular flexibility index (Phi) is 5.13. The third-order valence-electron chi connectivity index (χ3n) is 3.91. The van der Waals surface area contributed by atoms with Crippen molar-refractivity contribution >= 4 is 23.2 Å². The second kappa shape index (κ2) is 6.45. The molecule has 0 fully saturated rings. The SMILES string of the molecule is CC(C)(C)c1ccc(C(C)(C)C)c(Cc2ccc(Cl)c(Cl)c2)n1. The van der Waals surface area contributed by atoms with Gasteiger partial charge in [0.2, 0.25) is 0 Å². The Hall–Kier alpha value is -1.05. The Morgan fingerprint density at radius 1 is 0.826 bits per heavy atom. The first-order valence-electron chi connectivity index (χ1n) is 7.93. The topological polar surface area (TPSA) is 12.9 Å². The lowest BCUT2D eigenvalue weighted by molar-refractivity contribution is 0.549. The smallest absolute Gasteiger partial charge is 0.0595 e. The minimum Gasteiger partial charge on any atom is -0.257 e. The second-order valence-corrected chi connectivity index (χ2v) is 8.93. The number of pyridine rings is 1. The van der Waals surface area contributed by atoms with Gasteiger partial charge >= 0.3 is 0 Å². The van der Waals surface area contributed by atoms with Crippen LogP contribution in [0.1, 0.15) is 64.1 Å². The molecule has 0 bridgehead atoms. The van der Waals surface area contributed by atoms with Gasteiger partial charge < -0.3 is 0 Å². The molecule has 0 amide bonds. The van der Waals surface area contributed by atoms with Crippen molar-refractivity contribution in [2.45, 2.75) is 58.8 Å². The number of hydrogen-bond donors (Lipinski definition) is 0. The van der Waals surface area contributed by atoms with E-state index in [1.165, 1.54) is 5.56 Å². The van der Waals surface area contributed by atoms with E-state index >= 15 is 0 Å². The molecule has 0 atom stereocenters. The highest BCUT2D eigenvalue weighted by atomic mass is 35.5. The first kappa shape index (κ1) is 18.3. The van der Waals surface area contributed by atoms with Crippen molar-refractivity contribution in [3.63, 3.8) is 0 Å². The van der Waals surface area contributed by atoms with E-state index in [2.05, 4.69) is 53.7 Å². The maximum absolute atomic E-state index is 6.16. The number of halogens is 2. The van der Waals surface area contributed by atoms with Crippen molar-refractivity contribution in [3.8, 4) is 0 Å². The van der Waals surface area contributed by atoms with Crippen LogP contribution in [0.2, 0.25) is 10.0 Å². The lowest BCUT2D eigenvalue weighted by Gasteiger charge is -2.26. The Bertz CT molecular complexity index is 707. The van der Waals surface area contributed by atoms with E-state index in [9.17, 15) is 0 Å². The lowest BCUT2D eigenvalue weighted by Crippen LogP contribution is -2.20. The van der Waals surface area contributed by atoms with Gasteiger partial charge in [0.1, 0.15) is 0 Å². The molecule has 0 N–H and O–H groups in total. The normalized spacial score (nSPS) is 12.5. The van der Waals surface area contributed by atoms with Gasteiger partial charge in [-0.3, -0.25) is 4.98 Å². The molecule has 1 aromatic heterocycles. The van der Waals surface area contributed by atoms with Crippen LogP contribution in [-0.2, 0) is 17.3 Å². The molecular formula is C20H25Cl2N. The van der Waals surface area contributed by atoms with Gasteiger partial charge in [-0.1, -0.05) is 76.9 Å². The summed E-state index contributed by atoms with van der Waals surface area (Å²) >= 11 is 12.2. The van der Waals surface area contributed by atoms with Crippen LogP contribution >= 0.6 is 23.2 Å². The Morgan fingerprint density at radius 3 is 2.00 bits per heavy atom. The molecule has 0 saturated carbocycles. The van der Waals surface area contributed by atoms with Gasteiger partial charge in [0, 0.05) is 23.2 Å². The van der Waals surface area contributed by atoms with Crippen molar-refractivity contribution in [2.75, 3.05) is 0 Å². The summed E-state index contributed by atoms with van der Waals surface area (Å²) in [5.74, 6) is 0. The van der Waals surface area contributed by atoms with Crippen molar-refractivity contribution < 1.29 is 0 Å². The summed E-state index contributed by atoms with van der Waals surface area (Å²) in [7, 11) is 0. The maximum Gasteiger partial charge on any atom is 0.0595 e. The molecule has 0 unspecified atom stereocenters.